The van der Waals surface area contributed by atoms with Crippen LogP contribution in [-0.2, 0) is 9.13 Å². The molecule has 0 fully saturated rings. The molecule has 0 aromatic heterocycles. The second kappa shape index (κ2) is 19.7. The Kier molecular flexibility index (Phi) is 19.0. The van der Waals surface area contributed by atoms with Crippen molar-refractivity contribution >= 4 is 15.4 Å². The Labute approximate surface area is 239 Å². The molecule has 0 aliphatic rings. The van der Waals surface area contributed by atoms with Crippen molar-refractivity contribution in [1.29, 1.82) is 0 Å². The predicted octanol–water partition coefficient (Wildman–Crippen LogP) is 10.3. The maximum absolute atomic E-state index is 12.9. The summed E-state index contributed by atoms with van der Waals surface area (Å²) in [5.41, 5.74) is 7.28. The van der Waals surface area contributed by atoms with Gasteiger partial charge < -0.3 is 14.9 Å². The lowest BCUT2D eigenvalue weighted by molar-refractivity contribution is 0.334. The number of rotatable bonds is 19. The van der Waals surface area contributed by atoms with Crippen molar-refractivity contribution in [2.45, 2.75) is 124 Å². The van der Waals surface area contributed by atoms with E-state index in [2.05, 4.69) is 65.8 Å². The normalized spacial score (nSPS) is 15.6. The van der Waals surface area contributed by atoms with E-state index < -0.39 is 26.6 Å². The number of aliphatic hydroxyl groups excluding tert-OH is 1. The monoisotopic (exact) mass is 581 g/mol. The van der Waals surface area contributed by atoms with Crippen molar-refractivity contribution in [1.82, 2.24) is 0 Å². The van der Waals surface area contributed by atoms with E-state index in [0.717, 1.165) is 62.5 Å². The molecule has 1 atom stereocenters. The molecule has 0 spiro atoms. The Morgan fingerprint density at radius 1 is 0.615 bits per heavy atom. The lowest BCUT2D eigenvalue weighted by atomic mass is 10.0. The van der Waals surface area contributed by atoms with Gasteiger partial charge in [0.25, 0.3) is 4.90 Å². The summed E-state index contributed by atoms with van der Waals surface area (Å²) >= 11 is 0. The molecule has 0 aliphatic carbocycles. The zero-order valence-corrected chi connectivity index (χ0v) is 27.6. The van der Waals surface area contributed by atoms with Crippen molar-refractivity contribution in [3.8, 4) is 0 Å². The molecule has 7 heteroatoms. The number of hydrogen-bond donors (Lipinski definition) is 3. The van der Waals surface area contributed by atoms with E-state index in [1.165, 1.54) is 22.3 Å². The Balaban J connectivity index is 5.41. The molecule has 0 aliphatic heterocycles. The number of hydrogen-bond acceptors (Lipinski definition) is 3. The van der Waals surface area contributed by atoms with Crippen LogP contribution >= 0.6 is 15.4 Å². The molecule has 3 N–H and O–H groups in total. The summed E-state index contributed by atoms with van der Waals surface area (Å²) in [6, 6.07) is 0. The molecular weight excluding hydrogens is 526 g/mol. The van der Waals surface area contributed by atoms with Gasteiger partial charge in [0.1, 0.15) is 0 Å². The topological polar surface area (TPSA) is 94.8 Å². The van der Waals surface area contributed by atoms with Crippen molar-refractivity contribution in [3.63, 3.8) is 0 Å². The first kappa shape index (κ1) is 37.6. The van der Waals surface area contributed by atoms with Gasteiger partial charge in [-0.3, -0.25) is 4.57 Å². The smallest absolute Gasteiger partial charge is 0.353 e. The largest absolute Gasteiger partial charge is 0.386 e. The van der Waals surface area contributed by atoms with Crippen molar-refractivity contribution in [2.75, 3.05) is 6.35 Å². The highest BCUT2D eigenvalue weighted by atomic mass is 31.2. The van der Waals surface area contributed by atoms with Crippen molar-refractivity contribution in [3.05, 3.63) is 69.9 Å². The van der Waals surface area contributed by atoms with E-state index in [1.54, 1.807) is 12.2 Å². The van der Waals surface area contributed by atoms with Gasteiger partial charge in [0.2, 0.25) is 6.35 Å². The highest BCUT2D eigenvalue weighted by molar-refractivity contribution is 7.69. The highest BCUT2D eigenvalue weighted by Crippen LogP contribution is 2.66. The molecule has 0 amide bonds. The average Bonchev–Trinajstić information content (AvgIpc) is 2.82. The van der Waals surface area contributed by atoms with E-state index in [1.807, 2.05) is 13.8 Å². The van der Waals surface area contributed by atoms with Gasteiger partial charge in [-0.05, 0) is 107 Å². The fourth-order valence-electron chi connectivity index (χ4n) is 4.15. The van der Waals surface area contributed by atoms with Crippen molar-refractivity contribution in [2.24, 2.45) is 0 Å². The van der Waals surface area contributed by atoms with Crippen LogP contribution in [-0.4, -0.2) is 26.1 Å². The van der Waals surface area contributed by atoms with Crippen LogP contribution in [0.15, 0.2) is 69.9 Å². The van der Waals surface area contributed by atoms with Crippen LogP contribution < -0.4 is 0 Å². The van der Waals surface area contributed by atoms with E-state index in [0.29, 0.717) is 0 Å². The zero-order valence-electron chi connectivity index (χ0n) is 25.8. The third-order valence-electron chi connectivity index (χ3n) is 6.94. The van der Waals surface area contributed by atoms with Gasteiger partial charge in [-0.25, -0.2) is 0 Å². The molecule has 0 aromatic carbocycles. The summed E-state index contributed by atoms with van der Waals surface area (Å²) in [4.78, 5) is 18.9. The second-order valence-electron chi connectivity index (χ2n) is 11.4. The molecule has 39 heavy (non-hydrogen) atoms. The summed E-state index contributed by atoms with van der Waals surface area (Å²) in [5.74, 6) is 0. The molecular formula is C32H55O5P2+. The van der Waals surface area contributed by atoms with Gasteiger partial charge in [-0.1, -0.05) is 74.5 Å². The zero-order chi connectivity index (χ0) is 30.1. The first-order chi connectivity index (χ1) is 18.1. The Morgan fingerprint density at radius 2 is 0.923 bits per heavy atom. The fourth-order valence-corrected chi connectivity index (χ4v) is 7.02. The molecule has 0 aromatic rings. The van der Waals surface area contributed by atoms with Crippen molar-refractivity contribution < 1.29 is 24.0 Å². The van der Waals surface area contributed by atoms with Gasteiger partial charge in [0.05, 0.1) is 0 Å². The Hall–Kier alpha value is -1.35. The third kappa shape index (κ3) is 16.5. The Bertz CT molecular complexity index is 938. The van der Waals surface area contributed by atoms with Gasteiger partial charge in [-0.2, -0.15) is 0 Å². The summed E-state index contributed by atoms with van der Waals surface area (Å²) < 4.78 is 25.6. The van der Waals surface area contributed by atoms with E-state index in [9.17, 15) is 24.0 Å². The minimum atomic E-state index is -4.78. The van der Waals surface area contributed by atoms with Crippen LogP contribution in [0.1, 0.15) is 120 Å². The van der Waals surface area contributed by atoms with Gasteiger partial charge >= 0.3 is 15.4 Å². The number of allylic oxidation sites excluding steroid dienone is 12. The molecule has 5 nitrogen and oxygen atoms in total. The quantitative estimate of drug-likeness (QED) is 0.104. The summed E-state index contributed by atoms with van der Waals surface area (Å²) in [5, 5.41) is 9.69. The van der Waals surface area contributed by atoms with Gasteiger partial charge in [-0.15, -0.1) is 0 Å². The number of aliphatic hydroxyl groups is 1. The van der Waals surface area contributed by atoms with E-state index in [4.69, 9.17) is 0 Å². The van der Waals surface area contributed by atoms with Crippen LogP contribution in [0.5, 0.6) is 0 Å². The summed E-state index contributed by atoms with van der Waals surface area (Å²) in [7, 11) is -7.31. The molecule has 0 saturated heterocycles. The molecule has 0 saturated carbocycles. The first-order valence-corrected chi connectivity index (χ1v) is 17.2. The van der Waals surface area contributed by atoms with Crippen LogP contribution in [0, 0.1) is 0 Å². The van der Waals surface area contributed by atoms with Crippen LogP contribution in [0.25, 0.3) is 0 Å². The van der Waals surface area contributed by atoms with Crippen LogP contribution in [0.2, 0.25) is 0 Å². The first-order valence-electron chi connectivity index (χ1n) is 14.1. The lowest BCUT2D eigenvalue weighted by Crippen LogP contribution is -2.24. The standard InChI is InChI=1S/C32H54O5P2/c1-26(2)13-9-15-28(5)17-11-19-30(7)21-23-32(38(34)25-33,39(35,36)37)24-22-31(8)20-12-18-29(6)16-10-14-27(3)4/h13-14,17-18,21-22,33H,9-12,15-16,19-20,23-25H2,1-8H3,(H-,35,36,37)/p+1. The molecule has 0 heterocycles. The molecule has 0 rings (SSSR count). The average molecular weight is 582 g/mol. The van der Waals surface area contributed by atoms with Crippen LogP contribution in [0.3, 0.4) is 0 Å². The lowest BCUT2D eigenvalue weighted by Gasteiger charge is -2.23. The summed E-state index contributed by atoms with van der Waals surface area (Å²) in [6.07, 6.45) is 19.0. The Morgan fingerprint density at radius 3 is 1.21 bits per heavy atom. The SMILES string of the molecule is CC(C)=CCCC(C)=CCCC(C)=CCC(CC=C(C)CCC=C(C)CCC=C(C)C)([P+](=O)CO)P(=O)(O)O. The van der Waals surface area contributed by atoms with Gasteiger partial charge in [0, 0.05) is 12.8 Å². The molecule has 0 radical (unpaired) electrons. The van der Waals surface area contributed by atoms with E-state index >= 15 is 0 Å². The minimum absolute atomic E-state index is 0.0324. The van der Waals surface area contributed by atoms with E-state index in [-0.39, 0.29) is 12.8 Å². The molecule has 0 bridgehead atoms. The van der Waals surface area contributed by atoms with Gasteiger partial charge in [0.15, 0.2) is 0 Å². The van der Waals surface area contributed by atoms with Crippen LogP contribution in [0.4, 0.5) is 0 Å². The minimum Gasteiger partial charge on any atom is -0.353 e. The predicted molar refractivity (Wildman–Crippen MR) is 170 cm³/mol. The third-order valence-corrected chi connectivity index (χ3v) is 11.4. The highest BCUT2D eigenvalue weighted by Gasteiger charge is 2.60. The second-order valence-corrected chi connectivity index (χ2v) is 15.6. The maximum Gasteiger partial charge on any atom is 0.386 e. The molecule has 222 valence electrons. The molecule has 1 unspecified atom stereocenters. The summed E-state index contributed by atoms with van der Waals surface area (Å²) in [6.45, 7) is 16.5. The fraction of sp³-hybridized carbons (Fsp3) is 0.625. The maximum atomic E-state index is 12.9.